The van der Waals surface area contributed by atoms with Crippen molar-refractivity contribution in [1.82, 2.24) is 9.55 Å². The minimum absolute atomic E-state index is 0.0138. The predicted molar refractivity (Wildman–Crippen MR) is 60.4 cm³/mol. The van der Waals surface area contributed by atoms with Gasteiger partial charge in [0.25, 0.3) is 0 Å². The third kappa shape index (κ3) is 1.49. The molecule has 1 spiro atoms. The molecule has 0 amide bonds. The number of rotatable bonds is 1. The van der Waals surface area contributed by atoms with Crippen LogP contribution < -0.4 is 16.2 Å². The summed E-state index contributed by atoms with van der Waals surface area (Å²) in [6.45, 7) is -0.672. The number of ether oxygens (including phenoxy) is 2. The number of nitrogen functional groups attached to an aromatic ring is 1. The summed E-state index contributed by atoms with van der Waals surface area (Å²) < 4.78 is 11.7. The van der Waals surface area contributed by atoms with E-state index in [-0.39, 0.29) is 18.3 Å². The van der Waals surface area contributed by atoms with Crippen LogP contribution in [0.2, 0.25) is 0 Å². The molecule has 0 aromatic carbocycles. The number of hydrogen-bond donors (Lipinski definition) is 4. The van der Waals surface area contributed by atoms with Crippen molar-refractivity contribution in [3.05, 3.63) is 16.6 Å². The monoisotopic (exact) mass is 271 g/mol. The van der Waals surface area contributed by atoms with Crippen LogP contribution in [-0.4, -0.2) is 56.4 Å². The maximum atomic E-state index is 11.9. The van der Waals surface area contributed by atoms with Gasteiger partial charge in [-0.25, -0.2) is 9.36 Å². The minimum atomic E-state index is -1.58. The first kappa shape index (κ1) is 12.4. The molecule has 0 radical (unpaired) electrons. The average molecular weight is 271 g/mol. The number of nitrogens with zero attached hydrogens (tertiary/aromatic N) is 2. The van der Waals surface area contributed by atoms with Crippen molar-refractivity contribution in [2.75, 3.05) is 18.9 Å². The van der Waals surface area contributed by atoms with Crippen LogP contribution in [0.3, 0.4) is 0 Å². The van der Waals surface area contributed by atoms with Crippen molar-refractivity contribution in [3.8, 4) is 5.88 Å². The van der Waals surface area contributed by atoms with Crippen molar-refractivity contribution < 1.29 is 24.8 Å². The lowest BCUT2D eigenvalue weighted by Gasteiger charge is -2.26. The second-order valence-corrected chi connectivity index (χ2v) is 4.55. The molecule has 1 fully saturated rings. The Labute approximate surface area is 106 Å². The SMILES string of the molecule is Nc1cc2n(c(=O)n1)[C@]1(CO2)O[C@H](CO)[C@H](O)[C@H]1O. The summed E-state index contributed by atoms with van der Waals surface area (Å²) in [7, 11) is 0. The molecule has 0 unspecified atom stereocenters. The molecular formula is C10H13N3O6. The van der Waals surface area contributed by atoms with E-state index in [0.717, 1.165) is 4.57 Å². The lowest BCUT2D eigenvalue weighted by molar-refractivity contribution is -0.146. The van der Waals surface area contributed by atoms with E-state index in [0.29, 0.717) is 0 Å². The fraction of sp³-hybridized carbons (Fsp3) is 0.600. The van der Waals surface area contributed by atoms with Crippen LogP contribution in [0, 0.1) is 0 Å². The molecule has 2 aliphatic rings. The molecule has 104 valence electrons. The van der Waals surface area contributed by atoms with Crippen molar-refractivity contribution in [3.63, 3.8) is 0 Å². The molecule has 19 heavy (non-hydrogen) atoms. The van der Waals surface area contributed by atoms with Crippen molar-refractivity contribution in [1.29, 1.82) is 0 Å². The Morgan fingerprint density at radius 2 is 2.32 bits per heavy atom. The lowest BCUT2D eigenvalue weighted by atomic mass is 10.0. The number of aromatic nitrogens is 2. The molecule has 3 heterocycles. The summed E-state index contributed by atoms with van der Waals surface area (Å²) in [5.74, 6) is 0.0855. The molecule has 0 saturated carbocycles. The third-order valence-corrected chi connectivity index (χ3v) is 3.42. The van der Waals surface area contributed by atoms with Crippen molar-refractivity contribution in [2.24, 2.45) is 0 Å². The quantitative estimate of drug-likeness (QED) is 0.423. The van der Waals surface area contributed by atoms with Gasteiger partial charge in [-0.3, -0.25) is 0 Å². The maximum Gasteiger partial charge on any atom is 0.354 e. The smallest absolute Gasteiger partial charge is 0.354 e. The van der Waals surface area contributed by atoms with Gasteiger partial charge in [0.2, 0.25) is 11.6 Å². The van der Waals surface area contributed by atoms with Gasteiger partial charge in [-0.1, -0.05) is 0 Å². The molecule has 0 bridgehead atoms. The van der Waals surface area contributed by atoms with Crippen LogP contribution in [0.15, 0.2) is 10.9 Å². The molecule has 1 aromatic heterocycles. The number of anilines is 1. The van der Waals surface area contributed by atoms with E-state index in [1.54, 1.807) is 0 Å². The van der Waals surface area contributed by atoms with Gasteiger partial charge >= 0.3 is 5.69 Å². The molecule has 4 atom stereocenters. The van der Waals surface area contributed by atoms with Crippen LogP contribution in [0.4, 0.5) is 5.82 Å². The van der Waals surface area contributed by atoms with Crippen LogP contribution in [0.25, 0.3) is 0 Å². The lowest BCUT2D eigenvalue weighted by Crippen LogP contribution is -2.50. The highest BCUT2D eigenvalue weighted by molar-refractivity contribution is 5.34. The van der Waals surface area contributed by atoms with E-state index in [4.69, 9.17) is 20.3 Å². The molecular weight excluding hydrogens is 258 g/mol. The Bertz CT molecular complexity index is 575. The zero-order valence-corrected chi connectivity index (χ0v) is 9.76. The summed E-state index contributed by atoms with van der Waals surface area (Å²) in [5, 5.41) is 29.0. The second-order valence-electron chi connectivity index (χ2n) is 4.55. The fourth-order valence-electron chi connectivity index (χ4n) is 2.50. The highest BCUT2D eigenvalue weighted by Crippen LogP contribution is 2.41. The van der Waals surface area contributed by atoms with Crippen LogP contribution in [0.5, 0.6) is 5.88 Å². The number of aliphatic hydroxyl groups is 3. The van der Waals surface area contributed by atoms with Crippen LogP contribution in [0.1, 0.15) is 0 Å². The first-order chi connectivity index (χ1) is 8.99. The van der Waals surface area contributed by atoms with E-state index in [1.807, 2.05) is 0 Å². The summed E-state index contributed by atoms with van der Waals surface area (Å²) in [4.78, 5) is 15.4. The zero-order valence-electron chi connectivity index (χ0n) is 9.76. The topological polar surface area (TPSA) is 140 Å². The molecule has 1 aromatic rings. The Hall–Kier alpha value is -1.68. The summed E-state index contributed by atoms with van der Waals surface area (Å²) >= 11 is 0. The standard InChI is InChI=1S/C10H13N3O6/c11-5-1-6-13(9(17)12-5)10(3-18-6)8(16)7(15)4(2-14)19-10/h1,4,7-8,14-16H,2-3H2,(H2,11,12,17)/t4-,7+,8-,10-/m1/s1. The molecule has 2 aliphatic heterocycles. The molecule has 9 nitrogen and oxygen atoms in total. The van der Waals surface area contributed by atoms with Gasteiger partial charge in [-0.15, -0.1) is 0 Å². The summed E-state index contributed by atoms with van der Waals surface area (Å²) in [5.41, 5.74) is 3.10. The second kappa shape index (κ2) is 3.90. The van der Waals surface area contributed by atoms with Crippen LogP contribution in [-0.2, 0) is 10.5 Å². The third-order valence-electron chi connectivity index (χ3n) is 3.42. The predicted octanol–water partition coefficient (Wildman–Crippen LogP) is -3.02. The van der Waals surface area contributed by atoms with E-state index >= 15 is 0 Å². The van der Waals surface area contributed by atoms with E-state index in [1.165, 1.54) is 6.07 Å². The fourth-order valence-corrected chi connectivity index (χ4v) is 2.50. The van der Waals surface area contributed by atoms with Gasteiger partial charge in [0.05, 0.1) is 6.61 Å². The number of hydrogen-bond acceptors (Lipinski definition) is 8. The van der Waals surface area contributed by atoms with Crippen molar-refractivity contribution >= 4 is 5.82 Å². The van der Waals surface area contributed by atoms with E-state index in [2.05, 4.69) is 4.98 Å². The Kier molecular flexibility index (Phi) is 2.54. The summed E-state index contributed by atoms with van der Waals surface area (Å²) in [6, 6.07) is 1.32. The highest BCUT2D eigenvalue weighted by atomic mass is 16.6. The molecule has 5 N–H and O–H groups in total. The van der Waals surface area contributed by atoms with Gasteiger partial charge < -0.3 is 30.5 Å². The number of nitrogens with two attached hydrogens (primary N) is 1. The molecule has 0 aliphatic carbocycles. The highest BCUT2D eigenvalue weighted by Gasteiger charge is 2.59. The van der Waals surface area contributed by atoms with Gasteiger partial charge in [-0.05, 0) is 0 Å². The Morgan fingerprint density at radius 1 is 1.58 bits per heavy atom. The summed E-state index contributed by atoms with van der Waals surface area (Å²) in [6.07, 6.45) is -3.76. The first-order valence-corrected chi connectivity index (χ1v) is 5.67. The largest absolute Gasteiger partial charge is 0.473 e. The van der Waals surface area contributed by atoms with Crippen molar-refractivity contribution in [2.45, 2.75) is 24.0 Å². The van der Waals surface area contributed by atoms with Gasteiger partial charge in [-0.2, -0.15) is 4.98 Å². The van der Waals surface area contributed by atoms with Crippen LogP contribution >= 0.6 is 0 Å². The minimum Gasteiger partial charge on any atom is -0.473 e. The van der Waals surface area contributed by atoms with Gasteiger partial charge in [0.1, 0.15) is 30.7 Å². The zero-order chi connectivity index (χ0) is 13.8. The van der Waals surface area contributed by atoms with Gasteiger partial charge in [0, 0.05) is 6.07 Å². The maximum absolute atomic E-state index is 11.9. The number of aliphatic hydroxyl groups excluding tert-OH is 3. The number of fused-ring (bicyclic) bond motifs is 2. The normalized spacial score (nSPS) is 36.5. The van der Waals surface area contributed by atoms with Gasteiger partial charge in [0.15, 0.2) is 0 Å². The Morgan fingerprint density at radius 3 is 2.95 bits per heavy atom. The van der Waals surface area contributed by atoms with E-state index < -0.39 is 36.3 Å². The van der Waals surface area contributed by atoms with E-state index in [9.17, 15) is 15.0 Å². The average Bonchev–Trinajstić information content (AvgIpc) is 2.84. The molecule has 9 heteroatoms. The molecule has 3 rings (SSSR count). The molecule has 1 saturated heterocycles. The first-order valence-electron chi connectivity index (χ1n) is 5.67. The Balaban J connectivity index is 2.14.